The molecular formula is C20H25ClN2O5S. The molecule has 0 bridgehead atoms. The minimum absolute atomic E-state index is 0.0348. The molecule has 29 heavy (non-hydrogen) atoms. The van der Waals surface area contributed by atoms with Gasteiger partial charge in [0, 0.05) is 25.2 Å². The summed E-state index contributed by atoms with van der Waals surface area (Å²) in [5, 5.41) is 3.07. The molecule has 1 amide bonds. The minimum atomic E-state index is -3.95. The molecule has 0 aliphatic rings. The predicted octanol–water partition coefficient (Wildman–Crippen LogP) is 2.69. The molecule has 7 nitrogen and oxygen atoms in total. The Morgan fingerprint density at radius 3 is 2.45 bits per heavy atom. The zero-order chi connectivity index (χ0) is 21.3. The van der Waals surface area contributed by atoms with Crippen molar-refractivity contribution in [3.63, 3.8) is 0 Å². The van der Waals surface area contributed by atoms with Crippen molar-refractivity contribution >= 4 is 27.5 Å². The van der Waals surface area contributed by atoms with Crippen LogP contribution >= 0.6 is 11.6 Å². The number of ether oxygens (including phenoxy) is 2. The molecule has 0 saturated carbocycles. The second-order valence-corrected chi connectivity index (χ2v) is 8.46. The van der Waals surface area contributed by atoms with Crippen LogP contribution in [0, 0.1) is 0 Å². The van der Waals surface area contributed by atoms with E-state index in [4.69, 9.17) is 21.1 Å². The zero-order valence-corrected chi connectivity index (χ0v) is 18.0. The number of hydrogen-bond acceptors (Lipinski definition) is 5. The van der Waals surface area contributed by atoms with Crippen LogP contribution in [0.25, 0.3) is 0 Å². The number of carbonyl (C=O) groups is 1. The lowest BCUT2D eigenvalue weighted by Gasteiger charge is -2.22. The molecule has 0 aliphatic heterocycles. The van der Waals surface area contributed by atoms with Gasteiger partial charge in [-0.2, -0.15) is 4.31 Å². The fourth-order valence-electron chi connectivity index (χ4n) is 2.57. The number of nitrogens with one attached hydrogen (secondary N) is 1. The lowest BCUT2D eigenvalue weighted by molar-refractivity contribution is -0.121. The highest BCUT2D eigenvalue weighted by molar-refractivity contribution is 7.89. The molecular weight excluding hydrogens is 416 g/mol. The molecule has 0 unspecified atom stereocenters. The largest absolute Gasteiger partial charge is 0.494 e. The minimum Gasteiger partial charge on any atom is -0.494 e. The molecule has 2 aromatic carbocycles. The number of nitrogens with zero attached hydrogens (tertiary/aromatic N) is 1. The van der Waals surface area contributed by atoms with E-state index in [1.807, 2.05) is 6.92 Å². The smallest absolute Gasteiger partial charge is 0.243 e. The highest BCUT2D eigenvalue weighted by Crippen LogP contribution is 2.24. The summed E-state index contributed by atoms with van der Waals surface area (Å²) in [4.78, 5) is 12.4. The van der Waals surface area contributed by atoms with E-state index in [2.05, 4.69) is 5.32 Å². The van der Waals surface area contributed by atoms with Gasteiger partial charge in [0.1, 0.15) is 5.75 Å². The van der Waals surface area contributed by atoms with Crippen molar-refractivity contribution in [3.05, 3.63) is 59.1 Å². The Morgan fingerprint density at radius 2 is 1.83 bits per heavy atom. The number of benzene rings is 2. The Kier molecular flexibility index (Phi) is 8.91. The van der Waals surface area contributed by atoms with Crippen molar-refractivity contribution in [1.82, 2.24) is 9.62 Å². The lowest BCUT2D eigenvalue weighted by Crippen LogP contribution is -2.41. The van der Waals surface area contributed by atoms with Gasteiger partial charge in [-0.1, -0.05) is 29.8 Å². The molecule has 0 aromatic heterocycles. The normalized spacial score (nSPS) is 11.4. The maximum atomic E-state index is 13.2. The molecule has 0 saturated heterocycles. The maximum absolute atomic E-state index is 13.2. The summed E-state index contributed by atoms with van der Waals surface area (Å²) in [6.07, 6.45) is 0. The second kappa shape index (κ2) is 11.2. The average Bonchev–Trinajstić information content (AvgIpc) is 2.70. The van der Waals surface area contributed by atoms with Gasteiger partial charge in [-0.3, -0.25) is 4.79 Å². The standard InChI is InChI=1S/C20H25ClN2O5S/c1-3-28-17-8-10-18(11-9-17)29(25,26)23(15-20(24)22-12-13-27-2)14-16-6-4-5-7-19(16)21/h4-11H,3,12-15H2,1-2H3,(H,22,24). The molecule has 158 valence electrons. The molecule has 0 heterocycles. The first-order valence-electron chi connectivity index (χ1n) is 9.10. The van der Waals surface area contributed by atoms with Crippen LogP contribution in [-0.2, 0) is 26.1 Å². The molecule has 1 N–H and O–H groups in total. The van der Waals surface area contributed by atoms with Crippen molar-refractivity contribution in [2.24, 2.45) is 0 Å². The predicted molar refractivity (Wildman–Crippen MR) is 112 cm³/mol. The Bertz CT molecular complexity index is 903. The van der Waals surface area contributed by atoms with E-state index in [1.165, 1.54) is 19.2 Å². The van der Waals surface area contributed by atoms with Crippen molar-refractivity contribution in [3.8, 4) is 5.75 Å². The van der Waals surface area contributed by atoms with Gasteiger partial charge in [0.25, 0.3) is 0 Å². The first kappa shape index (κ1) is 23.2. The van der Waals surface area contributed by atoms with Gasteiger partial charge in [0.05, 0.1) is 24.7 Å². The summed E-state index contributed by atoms with van der Waals surface area (Å²) >= 11 is 6.20. The van der Waals surface area contributed by atoms with E-state index in [0.717, 1.165) is 4.31 Å². The summed E-state index contributed by atoms with van der Waals surface area (Å²) in [5.41, 5.74) is 0.605. The third kappa shape index (κ3) is 6.71. The van der Waals surface area contributed by atoms with Gasteiger partial charge in [0.15, 0.2) is 0 Å². The van der Waals surface area contributed by atoms with Crippen molar-refractivity contribution in [2.45, 2.75) is 18.4 Å². The van der Waals surface area contributed by atoms with E-state index in [-0.39, 0.29) is 18.0 Å². The first-order chi connectivity index (χ1) is 13.9. The highest BCUT2D eigenvalue weighted by atomic mass is 35.5. The number of methoxy groups -OCH3 is 1. The molecule has 0 atom stereocenters. The van der Waals surface area contributed by atoms with Crippen molar-refractivity contribution < 1.29 is 22.7 Å². The van der Waals surface area contributed by atoms with Crippen LogP contribution in [0.15, 0.2) is 53.4 Å². The van der Waals surface area contributed by atoms with Crippen LogP contribution in [0.2, 0.25) is 5.02 Å². The Hall–Kier alpha value is -2.13. The monoisotopic (exact) mass is 440 g/mol. The number of halogens is 1. The third-order valence-electron chi connectivity index (χ3n) is 4.03. The average molecular weight is 441 g/mol. The molecule has 0 fully saturated rings. The van der Waals surface area contributed by atoms with Crippen LogP contribution < -0.4 is 10.1 Å². The topological polar surface area (TPSA) is 84.9 Å². The number of carbonyl (C=O) groups excluding carboxylic acids is 1. The zero-order valence-electron chi connectivity index (χ0n) is 16.4. The molecule has 0 aliphatic carbocycles. The van der Waals surface area contributed by atoms with E-state index in [0.29, 0.717) is 36.1 Å². The summed E-state index contributed by atoms with van der Waals surface area (Å²) in [7, 11) is -2.43. The summed E-state index contributed by atoms with van der Waals surface area (Å²) < 4.78 is 37.8. The summed E-state index contributed by atoms with van der Waals surface area (Å²) in [5.74, 6) is 0.144. The van der Waals surface area contributed by atoms with E-state index >= 15 is 0 Å². The van der Waals surface area contributed by atoms with Crippen molar-refractivity contribution in [1.29, 1.82) is 0 Å². The summed E-state index contributed by atoms with van der Waals surface area (Å²) in [6, 6.07) is 13.0. The van der Waals surface area contributed by atoms with Crippen molar-refractivity contribution in [2.75, 3.05) is 33.4 Å². The number of amides is 1. The van der Waals surface area contributed by atoms with Gasteiger partial charge in [0.2, 0.25) is 15.9 Å². The Balaban J connectivity index is 2.28. The quantitative estimate of drug-likeness (QED) is 0.543. The third-order valence-corrected chi connectivity index (χ3v) is 6.20. The highest BCUT2D eigenvalue weighted by Gasteiger charge is 2.27. The fraction of sp³-hybridized carbons (Fsp3) is 0.350. The fourth-order valence-corrected chi connectivity index (χ4v) is 4.14. The van der Waals surface area contributed by atoms with E-state index < -0.39 is 15.9 Å². The van der Waals surface area contributed by atoms with Crippen LogP contribution in [0.5, 0.6) is 5.75 Å². The molecule has 0 spiro atoms. The molecule has 2 aromatic rings. The van der Waals surface area contributed by atoms with Crippen LogP contribution in [0.3, 0.4) is 0 Å². The van der Waals surface area contributed by atoms with Gasteiger partial charge < -0.3 is 14.8 Å². The van der Waals surface area contributed by atoms with Gasteiger partial charge in [-0.05, 0) is 42.8 Å². The summed E-state index contributed by atoms with van der Waals surface area (Å²) in [6.45, 7) is 2.57. The molecule has 2 rings (SSSR count). The van der Waals surface area contributed by atoms with E-state index in [1.54, 1.807) is 36.4 Å². The van der Waals surface area contributed by atoms with Crippen LogP contribution in [0.4, 0.5) is 0 Å². The Labute approximate surface area is 176 Å². The number of hydrogen-bond donors (Lipinski definition) is 1. The molecule has 0 radical (unpaired) electrons. The number of sulfonamides is 1. The van der Waals surface area contributed by atoms with Crippen LogP contribution in [-0.4, -0.2) is 52.0 Å². The van der Waals surface area contributed by atoms with E-state index in [9.17, 15) is 13.2 Å². The lowest BCUT2D eigenvalue weighted by atomic mass is 10.2. The molecule has 9 heteroatoms. The Morgan fingerprint density at radius 1 is 1.14 bits per heavy atom. The second-order valence-electron chi connectivity index (χ2n) is 6.11. The maximum Gasteiger partial charge on any atom is 0.243 e. The van der Waals surface area contributed by atoms with Gasteiger partial charge >= 0.3 is 0 Å². The SMILES string of the molecule is CCOc1ccc(S(=O)(=O)N(CC(=O)NCCOC)Cc2ccccc2Cl)cc1. The van der Waals surface area contributed by atoms with Gasteiger partial charge in [-0.25, -0.2) is 8.42 Å². The number of rotatable bonds is 11. The van der Waals surface area contributed by atoms with Gasteiger partial charge in [-0.15, -0.1) is 0 Å². The van der Waals surface area contributed by atoms with Crippen LogP contribution in [0.1, 0.15) is 12.5 Å². The first-order valence-corrected chi connectivity index (χ1v) is 10.9.